The summed E-state index contributed by atoms with van der Waals surface area (Å²) in [6.45, 7) is 10.0. The average molecular weight is 224 g/mol. The van der Waals surface area contributed by atoms with E-state index < -0.39 is 0 Å². The van der Waals surface area contributed by atoms with Gasteiger partial charge in [0, 0.05) is 12.6 Å². The molecule has 0 aromatic carbocycles. The molecule has 0 radical (unpaired) electrons. The third kappa shape index (κ3) is 3.46. The Bertz CT molecular complexity index is 197. The van der Waals surface area contributed by atoms with Crippen molar-refractivity contribution in [3.05, 3.63) is 0 Å². The van der Waals surface area contributed by atoms with E-state index in [-0.39, 0.29) is 0 Å². The molecule has 2 aliphatic rings. The Morgan fingerprint density at radius 3 is 2.81 bits per heavy atom. The lowest BCUT2D eigenvalue weighted by molar-refractivity contribution is 0.293. The van der Waals surface area contributed by atoms with Crippen molar-refractivity contribution in [3.8, 4) is 0 Å². The van der Waals surface area contributed by atoms with Crippen LogP contribution in [0.15, 0.2) is 0 Å². The molecule has 0 aliphatic carbocycles. The molecular weight excluding hydrogens is 196 g/mol. The van der Waals surface area contributed by atoms with Gasteiger partial charge in [0.2, 0.25) is 0 Å². The van der Waals surface area contributed by atoms with Crippen LogP contribution < -0.4 is 5.32 Å². The van der Waals surface area contributed by atoms with Gasteiger partial charge in [-0.15, -0.1) is 0 Å². The Morgan fingerprint density at radius 2 is 2.19 bits per heavy atom. The van der Waals surface area contributed by atoms with E-state index >= 15 is 0 Å². The Hall–Kier alpha value is -0.0800. The van der Waals surface area contributed by atoms with E-state index in [0.29, 0.717) is 0 Å². The quantitative estimate of drug-likeness (QED) is 0.772. The standard InChI is InChI=1S/C14H28N2/c1-12(2)13-7-10-16(11-13)9-4-6-14-5-3-8-15-14/h12-15H,3-11H2,1-2H3. The predicted molar refractivity (Wildman–Crippen MR) is 69.6 cm³/mol. The van der Waals surface area contributed by atoms with Gasteiger partial charge in [-0.2, -0.15) is 0 Å². The van der Waals surface area contributed by atoms with Crippen LogP contribution in [0.25, 0.3) is 0 Å². The predicted octanol–water partition coefficient (Wildman–Crippen LogP) is 2.50. The zero-order valence-electron chi connectivity index (χ0n) is 11.0. The lowest BCUT2D eigenvalue weighted by Gasteiger charge is -2.18. The molecule has 0 aromatic rings. The van der Waals surface area contributed by atoms with Gasteiger partial charge in [-0.25, -0.2) is 0 Å². The molecule has 2 saturated heterocycles. The Labute approximate surface area is 101 Å². The van der Waals surface area contributed by atoms with Crippen molar-refractivity contribution < 1.29 is 0 Å². The summed E-state index contributed by atoms with van der Waals surface area (Å²) < 4.78 is 0. The highest BCUT2D eigenvalue weighted by molar-refractivity contribution is 4.79. The maximum absolute atomic E-state index is 3.59. The summed E-state index contributed by atoms with van der Waals surface area (Å²) in [6.07, 6.45) is 7.02. The van der Waals surface area contributed by atoms with Crippen LogP contribution in [0.5, 0.6) is 0 Å². The Morgan fingerprint density at radius 1 is 1.31 bits per heavy atom. The molecule has 2 nitrogen and oxygen atoms in total. The van der Waals surface area contributed by atoms with Gasteiger partial charge in [0.15, 0.2) is 0 Å². The second-order valence-corrected chi connectivity index (χ2v) is 6.03. The summed E-state index contributed by atoms with van der Waals surface area (Å²) in [4.78, 5) is 2.68. The van der Waals surface area contributed by atoms with Crippen LogP contribution in [0.1, 0.15) is 46.0 Å². The smallest absolute Gasteiger partial charge is 0.00680 e. The molecular formula is C14H28N2. The van der Waals surface area contributed by atoms with Crippen LogP contribution in [0.3, 0.4) is 0 Å². The van der Waals surface area contributed by atoms with Crippen LogP contribution >= 0.6 is 0 Å². The molecule has 2 atom stereocenters. The van der Waals surface area contributed by atoms with Gasteiger partial charge >= 0.3 is 0 Å². The average Bonchev–Trinajstić information content (AvgIpc) is 2.87. The summed E-state index contributed by atoms with van der Waals surface area (Å²) in [7, 11) is 0. The zero-order valence-corrected chi connectivity index (χ0v) is 11.0. The van der Waals surface area contributed by atoms with Crippen LogP contribution in [-0.4, -0.2) is 37.1 Å². The van der Waals surface area contributed by atoms with E-state index in [1.807, 2.05) is 0 Å². The molecule has 1 N–H and O–H groups in total. The van der Waals surface area contributed by atoms with Crippen LogP contribution in [0.4, 0.5) is 0 Å². The summed E-state index contributed by atoms with van der Waals surface area (Å²) in [5.74, 6) is 1.84. The molecule has 16 heavy (non-hydrogen) atoms. The first-order valence-electron chi connectivity index (χ1n) is 7.21. The summed E-state index contributed by atoms with van der Waals surface area (Å²) in [5.41, 5.74) is 0. The van der Waals surface area contributed by atoms with Crippen LogP contribution in [0, 0.1) is 11.8 Å². The molecule has 0 bridgehead atoms. The fourth-order valence-corrected chi connectivity index (χ4v) is 3.17. The molecule has 2 heterocycles. The van der Waals surface area contributed by atoms with Gasteiger partial charge in [0.25, 0.3) is 0 Å². The minimum atomic E-state index is 0.837. The van der Waals surface area contributed by atoms with E-state index in [2.05, 4.69) is 24.1 Å². The van der Waals surface area contributed by atoms with Crippen molar-refractivity contribution in [3.63, 3.8) is 0 Å². The van der Waals surface area contributed by atoms with Gasteiger partial charge in [-0.05, 0) is 63.6 Å². The first-order chi connectivity index (χ1) is 7.75. The van der Waals surface area contributed by atoms with Crippen molar-refractivity contribution in [2.24, 2.45) is 11.8 Å². The molecule has 94 valence electrons. The highest BCUT2D eigenvalue weighted by Crippen LogP contribution is 2.23. The van der Waals surface area contributed by atoms with Crippen molar-refractivity contribution in [2.45, 2.75) is 52.0 Å². The minimum Gasteiger partial charge on any atom is -0.314 e. The summed E-state index contributed by atoms with van der Waals surface area (Å²) >= 11 is 0. The maximum Gasteiger partial charge on any atom is 0.00680 e. The highest BCUT2D eigenvalue weighted by atomic mass is 15.1. The number of likely N-dealkylation sites (tertiary alicyclic amines) is 1. The molecule has 2 unspecified atom stereocenters. The summed E-state index contributed by atoms with van der Waals surface area (Å²) in [5, 5.41) is 3.59. The third-order valence-corrected chi connectivity index (χ3v) is 4.44. The monoisotopic (exact) mass is 224 g/mol. The number of nitrogens with zero attached hydrogens (tertiary/aromatic N) is 1. The normalized spacial score (nSPS) is 31.7. The number of hydrogen-bond donors (Lipinski definition) is 1. The minimum absolute atomic E-state index is 0.837. The van der Waals surface area contributed by atoms with Gasteiger partial charge in [0.05, 0.1) is 0 Å². The van der Waals surface area contributed by atoms with Crippen LogP contribution in [-0.2, 0) is 0 Å². The van der Waals surface area contributed by atoms with Crippen molar-refractivity contribution in [1.82, 2.24) is 10.2 Å². The molecule has 2 aliphatic heterocycles. The van der Waals surface area contributed by atoms with E-state index in [1.165, 1.54) is 58.3 Å². The molecule has 2 heteroatoms. The van der Waals surface area contributed by atoms with Gasteiger partial charge < -0.3 is 10.2 Å². The molecule has 0 amide bonds. The summed E-state index contributed by atoms with van der Waals surface area (Å²) in [6, 6.07) is 0.837. The molecule has 0 saturated carbocycles. The molecule has 2 fully saturated rings. The second kappa shape index (κ2) is 6.02. The van der Waals surface area contributed by atoms with Gasteiger partial charge in [-0.1, -0.05) is 13.8 Å². The van der Waals surface area contributed by atoms with E-state index in [1.54, 1.807) is 0 Å². The molecule has 0 aromatic heterocycles. The van der Waals surface area contributed by atoms with Crippen LogP contribution in [0.2, 0.25) is 0 Å². The van der Waals surface area contributed by atoms with Crippen molar-refractivity contribution in [2.75, 3.05) is 26.2 Å². The molecule has 2 rings (SSSR count). The molecule has 0 spiro atoms. The second-order valence-electron chi connectivity index (χ2n) is 6.03. The van der Waals surface area contributed by atoms with Gasteiger partial charge in [0.1, 0.15) is 0 Å². The largest absolute Gasteiger partial charge is 0.314 e. The lowest BCUT2D eigenvalue weighted by Crippen LogP contribution is -2.26. The van der Waals surface area contributed by atoms with E-state index in [9.17, 15) is 0 Å². The lowest BCUT2D eigenvalue weighted by atomic mass is 9.95. The number of hydrogen-bond acceptors (Lipinski definition) is 2. The highest BCUT2D eigenvalue weighted by Gasteiger charge is 2.24. The first-order valence-corrected chi connectivity index (χ1v) is 7.21. The topological polar surface area (TPSA) is 15.3 Å². The van der Waals surface area contributed by atoms with Crippen molar-refractivity contribution in [1.29, 1.82) is 0 Å². The zero-order chi connectivity index (χ0) is 11.4. The van der Waals surface area contributed by atoms with Crippen molar-refractivity contribution >= 4 is 0 Å². The van der Waals surface area contributed by atoms with E-state index in [0.717, 1.165) is 17.9 Å². The van der Waals surface area contributed by atoms with E-state index in [4.69, 9.17) is 0 Å². The fraction of sp³-hybridized carbons (Fsp3) is 1.00. The van der Waals surface area contributed by atoms with Gasteiger partial charge in [-0.3, -0.25) is 0 Å². The first kappa shape index (κ1) is 12.4. The Kier molecular flexibility index (Phi) is 4.66. The maximum atomic E-state index is 3.59. The third-order valence-electron chi connectivity index (χ3n) is 4.44. The Balaban J connectivity index is 1.57. The fourth-order valence-electron chi connectivity index (χ4n) is 3.17. The SMILES string of the molecule is CC(C)C1CCN(CCCC2CCCN2)C1. The number of rotatable bonds is 5. The number of nitrogens with one attached hydrogen (secondary N) is 1.